The molecule has 1 aromatic rings. The van der Waals surface area contributed by atoms with Crippen LogP contribution in [-0.4, -0.2) is 53.2 Å². The zero-order chi connectivity index (χ0) is 14.5. The highest BCUT2D eigenvalue weighted by atomic mass is 16.6. The van der Waals surface area contributed by atoms with E-state index in [-0.39, 0.29) is 11.3 Å². The summed E-state index contributed by atoms with van der Waals surface area (Å²) in [6, 6.07) is 6.08. The van der Waals surface area contributed by atoms with Gasteiger partial charge in [0.1, 0.15) is 12.4 Å². The zero-order valence-electron chi connectivity index (χ0n) is 10.1. The van der Waals surface area contributed by atoms with Crippen molar-refractivity contribution in [1.82, 2.24) is 0 Å². The summed E-state index contributed by atoms with van der Waals surface area (Å²) in [4.78, 5) is 21.7. The van der Waals surface area contributed by atoms with Crippen molar-refractivity contribution in [2.45, 2.75) is 11.9 Å². The second-order valence-corrected chi connectivity index (χ2v) is 3.75. The molecule has 0 aliphatic heterocycles. The number of hydrogen-bond acceptors (Lipinski definition) is 7. The van der Waals surface area contributed by atoms with Crippen molar-refractivity contribution < 1.29 is 34.4 Å². The second-order valence-electron chi connectivity index (χ2n) is 3.75. The summed E-state index contributed by atoms with van der Waals surface area (Å²) in [5, 5.41) is 28.3. The van der Waals surface area contributed by atoms with Gasteiger partial charge in [0.15, 0.2) is 6.29 Å². The Morgan fingerprint density at radius 2 is 2.05 bits per heavy atom. The number of hydrogen-bond donors (Lipinski definition) is 3. The van der Waals surface area contributed by atoms with Crippen molar-refractivity contribution in [3.05, 3.63) is 29.8 Å². The zero-order valence-corrected chi connectivity index (χ0v) is 10.1. The van der Waals surface area contributed by atoms with Gasteiger partial charge in [0.25, 0.3) is 0 Å². The number of carbonyl (C=O) groups excluding carboxylic acids is 2. The lowest BCUT2D eigenvalue weighted by Gasteiger charge is -2.25. The van der Waals surface area contributed by atoms with Crippen molar-refractivity contribution >= 4 is 12.3 Å². The van der Waals surface area contributed by atoms with Crippen LogP contribution >= 0.6 is 0 Å². The van der Waals surface area contributed by atoms with Gasteiger partial charge in [0.2, 0.25) is 11.9 Å². The van der Waals surface area contributed by atoms with E-state index >= 15 is 0 Å². The van der Waals surface area contributed by atoms with E-state index in [0.29, 0.717) is 6.29 Å². The minimum Gasteiger partial charge on any atom is -0.487 e. The molecule has 1 atom stereocenters. The normalized spacial score (nSPS) is 12.6. The summed E-state index contributed by atoms with van der Waals surface area (Å²) in [6.45, 7) is -0.811. The van der Waals surface area contributed by atoms with E-state index in [1.54, 1.807) is 12.1 Å². The molecule has 104 valence electrons. The summed E-state index contributed by atoms with van der Waals surface area (Å²) in [5.74, 6) is -3.94. The number of rotatable bonds is 6. The Balaban J connectivity index is 2.74. The average molecular weight is 270 g/mol. The number of benzene rings is 1. The van der Waals surface area contributed by atoms with Crippen LogP contribution in [0.4, 0.5) is 0 Å². The van der Waals surface area contributed by atoms with Gasteiger partial charge in [-0.15, -0.1) is 0 Å². The van der Waals surface area contributed by atoms with Gasteiger partial charge in [-0.2, -0.15) is 0 Å². The van der Waals surface area contributed by atoms with E-state index in [0.717, 1.165) is 7.11 Å². The van der Waals surface area contributed by atoms with Gasteiger partial charge in [-0.05, 0) is 12.1 Å². The van der Waals surface area contributed by atoms with Crippen molar-refractivity contribution in [3.8, 4) is 5.75 Å². The molecule has 0 fully saturated rings. The van der Waals surface area contributed by atoms with Crippen molar-refractivity contribution in [2.75, 3.05) is 13.7 Å². The third-order valence-corrected chi connectivity index (χ3v) is 2.35. The Morgan fingerprint density at radius 1 is 1.42 bits per heavy atom. The highest BCUT2D eigenvalue weighted by Gasteiger charge is 2.40. The van der Waals surface area contributed by atoms with Crippen LogP contribution in [0.5, 0.6) is 5.75 Å². The van der Waals surface area contributed by atoms with Gasteiger partial charge in [0.05, 0.1) is 12.7 Å². The molecular weight excluding hydrogens is 256 g/mol. The first-order valence-corrected chi connectivity index (χ1v) is 5.30. The predicted octanol–water partition coefficient (Wildman–Crippen LogP) is -0.907. The molecule has 0 saturated heterocycles. The highest BCUT2D eigenvalue weighted by molar-refractivity contribution is 5.79. The molecule has 0 amide bonds. The Morgan fingerprint density at radius 3 is 2.63 bits per heavy atom. The monoisotopic (exact) mass is 270 g/mol. The summed E-state index contributed by atoms with van der Waals surface area (Å²) >= 11 is 0. The number of aldehydes is 1. The van der Waals surface area contributed by atoms with Crippen LogP contribution in [-0.2, 0) is 9.53 Å². The Bertz CT molecular complexity index is 455. The van der Waals surface area contributed by atoms with Crippen LogP contribution in [0, 0.1) is 0 Å². The van der Waals surface area contributed by atoms with Gasteiger partial charge >= 0.3 is 5.97 Å². The van der Waals surface area contributed by atoms with Crippen LogP contribution in [0.1, 0.15) is 10.4 Å². The van der Waals surface area contributed by atoms with Crippen LogP contribution in [0.25, 0.3) is 0 Å². The minimum atomic E-state index is -2.83. The highest BCUT2D eigenvalue weighted by Crippen LogP contribution is 2.18. The van der Waals surface area contributed by atoms with Gasteiger partial charge < -0.3 is 24.8 Å². The second kappa shape index (κ2) is 6.28. The number of aliphatic hydroxyl groups excluding tert-OH is 1. The first-order chi connectivity index (χ1) is 8.92. The van der Waals surface area contributed by atoms with Crippen LogP contribution in [0.15, 0.2) is 24.3 Å². The average Bonchev–Trinajstić information content (AvgIpc) is 2.43. The molecule has 0 aliphatic carbocycles. The van der Waals surface area contributed by atoms with Gasteiger partial charge in [-0.1, -0.05) is 12.1 Å². The summed E-state index contributed by atoms with van der Waals surface area (Å²) < 4.78 is 9.18. The maximum absolute atomic E-state index is 11.0. The Hall–Kier alpha value is -1.96. The van der Waals surface area contributed by atoms with Crippen LogP contribution in [0.2, 0.25) is 0 Å². The fourth-order valence-corrected chi connectivity index (χ4v) is 1.27. The maximum atomic E-state index is 11.0. The van der Waals surface area contributed by atoms with E-state index in [1.165, 1.54) is 12.1 Å². The number of para-hydroxylation sites is 1. The summed E-state index contributed by atoms with van der Waals surface area (Å²) in [7, 11) is 0.990. The molecule has 0 aromatic heterocycles. The van der Waals surface area contributed by atoms with E-state index in [1.807, 2.05) is 0 Å². The molecule has 7 nitrogen and oxygen atoms in total. The first kappa shape index (κ1) is 15.1. The van der Waals surface area contributed by atoms with Crippen LogP contribution in [0.3, 0.4) is 0 Å². The lowest BCUT2D eigenvalue weighted by atomic mass is 10.1. The molecule has 0 spiro atoms. The van der Waals surface area contributed by atoms with Gasteiger partial charge in [-0.25, -0.2) is 4.79 Å². The number of ether oxygens (including phenoxy) is 2. The number of carbonyl (C=O) groups is 2. The number of esters is 1. The summed E-state index contributed by atoms with van der Waals surface area (Å²) in [6.07, 6.45) is -1.65. The number of methoxy groups -OCH3 is 1. The first-order valence-electron chi connectivity index (χ1n) is 5.30. The molecule has 0 aliphatic rings. The van der Waals surface area contributed by atoms with Gasteiger partial charge in [0, 0.05) is 0 Å². The van der Waals surface area contributed by atoms with Crippen LogP contribution < -0.4 is 4.74 Å². The molecular formula is C12H14O7. The molecule has 19 heavy (non-hydrogen) atoms. The van der Waals surface area contributed by atoms with Crippen molar-refractivity contribution in [3.63, 3.8) is 0 Å². The third-order valence-electron chi connectivity index (χ3n) is 2.35. The predicted molar refractivity (Wildman–Crippen MR) is 62.5 cm³/mol. The smallest absolute Gasteiger partial charge is 0.340 e. The molecule has 3 N–H and O–H groups in total. The molecule has 1 rings (SSSR count). The fraction of sp³-hybridized carbons (Fsp3) is 0.333. The van der Waals surface area contributed by atoms with E-state index < -0.39 is 24.5 Å². The largest absolute Gasteiger partial charge is 0.487 e. The molecule has 0 heterocycles. The van der Waals surface area contributed by atoms with E-state index in [4.69, 9.17) is 4.74 Å². The minimum absolute atomic E-state index is 0.0991. The van der Waals surface area contributed by atoms with Gasteiger partial charge in [-0.3, -0.25) is 4.79 Å². The molecule has 7 heteroatoms. The van der Waals surface area contributed by atoms with E-state index in [9.17, 15) is 24.9 Å². The molecule has 0 radical (unpaired) electrons. The topological polar surface area (TPSA) is 113 Å². The lowest BCUT2D eigenvalue weighted by Crippen LogP contribution is -2.51. The Kier molecular flexibility index (Phi) is 4.99. The van der Waals surface area contributed by atoms with E-state index in [2.05, 4.69) is 4.74 Å². The van der Waals surface area contributed by atoms with Crippen molar-refractivity contribution in [1.29, 1.82) is 0 Å². The number of aliphatic hydroxyl groups is 3. The SMILES string of the molecule is COC(=O)C(O)C(O)(O)COc1ccccc1C=O. The summed E-state index contributed by atoms with van der Waals surface area (Å²) in [5.41, 5.74) is 0.200. The quantitative estimate of drug-likeness (QED) is 0.348. The maximum Gasteiger partial charge on any atom is 0.340 e. The van der Waals surface area contributed by atoms with Crippen molar-refractivity contribution in [2.24, 2.45) is 0 Å². The molecule has 0 saturated carbocycles. The fourth-order valence-electron chi connectivity index (χ4n) is 1.27. The standard InChI is InChI=1S/C12H14O7/c1-18-11(15)10(14)12(16,17)7-19-9-5-3-2-4-8(9)6-13/h2-6,10,14,16-17H,7H2,1H3. The lowest BCUT2D eigenvalue weighted by molar-refractivity contribution is -0.242. The Labute approximate surface area is 109 Å². The molecule has 1 aromatic carbocycles. The third kappa shape index (κ3) is 3.75. The molecule has 0 bridgehead atoms. The molecule has 1 unspecified atom stereocenters.